The summed E-state index contributed by atoms with van der Waals surface area (Å²) in [6, 6.07) is 5.69. The Bertz CT molecular complexity index is 840. The molecule has 0 spiro atoms. The van der Waals surface area contributed by atoms with Crippen LogP contribution in [0.2, 0.25) is 0 Å². The Hall–Kier alpha value is -1.87. The fourth-order valence-electron chi connectivity index (χ4n) is 5.39. The number of carbonyl (C=O) groups excluding carboxylic acids is 1. The molecule has 5 N–H and O–H groups in total. The molecule has 1 aromatic carbocycles. The molecule has 1 aliphatic carbocycles. The van der Waals surface area contributed by atoms with E-state index in [9.17, 15) is 15.0 Å². The molecule has 1 fully saturated rings. The summed E-state index contributed by atoms with van der Waals surface area (Å²) < 4.78 is 16.5. The second-order valence-electron chi connectivity index (χ2n) is 12.0. The molecule has 2 rings (SSSR count). The maximum atomic E-state index is 13.1. The third-order valence-corrected chi connectivity index (χ3v) is 8.17. The van der Waals surface area contributed by atoms with Gasteiger partial charge in [-0.3, -0.25) is 4.79 Å². The number of benzene rings is 1. The van der Waals surface area contributed by atoms with E-state index in [1.807, 2.05) is 26.0 Å². The van der Waals surface area contributed by atoms with Crippen molar-refractivity contribution in [2.75, 3.05) is 27.4 Å². The maximum absolute atomic E-state index is 13.1. The fourth-order valence-corrected chi connectivity index (χ4v) is 5.39. The van der Waals surface area contributed by atoms with Crippen LogP contribution in [0.3, 0.4) is 0 Å². The van der Waals surface area contributed by atoms with Crippen molar-refractivity contribution in [1.82, 2.24) is 5.32 Å². The number of aliphatic hydroxyl groups excluding tert-OH is 2. The topological polar surface area (TPSA) is 123 Å². The van der Waals surface area contributed by atoms with Crippen LogP contribution in [0.1, 0.15) is 78.2 Å². The molecule has 1 aliphatic rings. The number of nitrogens with two attached hydrogens (primary N) is 1. The lowest BCUT2D eigenvalue weighted by atomic mass is 9.80. The average Bonchev–Trinajstić information content (AvgIpc) is 2.90. The smallest absolute Gasteiger partial charge is 0.223 e. The molecule has 0 saturated heterocycles. The lowest BCUT2D eigenvalue weighted by molar-refractivity contribution is -0.128. The van der Waals surface area contributed by atoms with E-state index in [0.717, 1.165) is 49.8 Å². The summed E-state index contributed by atoms with van der Waals surface area (Å²) in [6.45, 7) is 9.58. The fraction of sp³-hybridized carbons (Fsp3) is 0.774. The van der Waals surface area contributed by atoms with E-state index in [2.05, 4.69) is 25.2 Å². The van der Waals surface area contributed by atoms with Gasteiger partial charge >= 0.3 is 0 Å². The Morgan fingerprint density at radius 3 is 2.31 bits per heavy atom. The molecule has 8 heteroatoms. The highest BCUT2D eigenvalue weighted by Gasteiger charge is 2.31. The first kappa shape index (κ1) is 33.3. The Morgan fingerprint density at radius 1 is 1.03 bits per heavy atom. The van der Waals surface area contributed by atoms with Crippen LogP contribution in [0.5, 0.6) is 11.5 Å². The van der Waals surface area contributed by atoms with E-state index < -0.39 is 12.1 Å². The van der Waals surface area contributed by atoms with Gasteiger partial charge in [-0.25, -0.2) is 0 Å². The minimum atomic E-state index is -0.770. The second kappa shape index (κ2) is 17.1. The van der Waals surface area contributed by atoms with E-state index in [4.69, 9.17) is 19.9 Å². The summed E-state index contributed by atoms with van der Waals surface area (Å²) in [5, 5.41) is 24.0. The number of hydrogen-bond acceptors (Lipinski definition) is 7. The lowest BCUT2D eigenvalue weighted by Crippen LogP contribution is -2.46. The third kappa shape index (κ3) is 11.3. The molecule has 0 heterocycles. The van der Waals surface area contributed by atoms with Gasteiger partial charge in [0.05, 0.1) is 25.9 Å². The lowest BCUT2D eigenvalue weighted by Gasteiger charge is -2.32. The molecule has 1 aromatic rings. The quantitative estimate of drug-likeness (QED) is 0.216. The molecule has 0 unspecified atom stereocenters. The van der Waals surface area contributed by atoms with Gasteiger partial charge in [-0.05, 0) is 80.4 Å². The van der Waals surface area contributed by atoms with Crippen LogP contribution < -0.4 is 20.5 Å². The predicted molar refractivity (Wildman–Crippen MR) is 155 cm³/mol. The van der Waals surface area contributed by atoms with E-state index in [0.29, 0.717) is 37.7 Å². The zero-order valence-corrected chi connectivity index (χ0v) is 25.0. The summed E-state index contributed by atoms with van der Waals surface area (Å²) in [5.74, 6) is 1.79. The molecule has 0 aliphatic heterocycles. The number of carbonyl (C=O) groups is 1. The minimum absolute atomic E-state index is 0.0192. The Morgan fingerprint density at radius 2 is 1.72 bits per heavy atom. The number of ether oxygens (including phenoxy) is 3. The summed E-state index contributed by atoms with van der Waals surface area (Å²) in [4.78, 5) is 13.1. The van der Waals surface area contributed by atoms with E-state index >= 15 is 0 Å². The first-order valence-corrected chi connectivity index (χ1v) is 14.8. The highest BCUT2D eigenvalue weighted by molar-refractivity contribution is 5.79. The van der Waals surface area contributed by atoms with Crippen molar-refractivity contribution in [3.8, 4) is 11.5 Å². The molecular weight excluding hydrogens is 496 g/mol. The summed E-state index contributed by atoms with van der Waals surface area (Å²) in [5.41, 5.74) is 7.70. The van der Waals surface area contributed by atoms with Crippen LogP contribution in [-0.4, -0.2) is 67.8 Å². The van der Waals surface area contributed by atoms with Gasteiger partial charge in [0.15, 0.2) is 11.5 Å². The molecule has 1 saturated carbocycles. The Labute approximate surface area is 236 Å². The number of hydrogen-bond donors (Lipinski definition) is 4. The molecule has 224 valence electrons. The molecule has 0 aromatic heterocycles. The van der Waals surface area contributed by atoms with E-state index in [1.165, 1.54) is 0 Å². The largest absolute Gasteiger partial charge is 0.493 e. The second-order valence-corrected chi connectivity index (χ2v) is 12.0. The molecule has 39 heavy (non-hydrogen) atoms. The number of methoxy groups -OCH3 is 2. The van der Waals surface area contributed by atoms with Crippen LogP contribution >= 0.6 is 0 Å². The van der Waals surface area contributed by atoms with E-state index in [1.54, 1.807) is 14.2 Å². The van der Waals surface area contributed by atoms with Crippen molar-refractivity contribution in [2.45, 2.75) is 103 Å². The van der Waals surface area contributed by atoms with Gasteiger partial charge in [0.25, 0.3) is 0 Å². The molecular formula is C31H54N2O6. The van der Waals surface area contributed by atoms with Gasteiger partial charge < -0.3 is 35.5 Å². The van der Waals surface area contributed by atoms with Gasteiger partial charge in [0.1, 0.15) is 0 Å². The average molecular weight is 551 g/mol. The normalized spacial score (nSPS) is 20.9. The number of nitrogens with one attached hydrogen (secondary N) is 1. The van der Waals surface area contributed by atoms with Crippen molar-refractivity contribution < 1.29 is 29.2 Å². The van der Waals surface area contributed by atoms with Crippen LogP contribution in [0, 0.1) is 23.7 Å². The van der Waals surface area contributed by atoms with Crippen molar-refractivity contribution in [3.05, 3.63) is 23.8 Å². The monoisotopic (exact) mass is 550 g/mol. The highest BCUT2D eigenvalue weighted by atomic mass is 16.5. The van der Waals surface area contributed by atoms with Gasteiger partial charge in [-0.15, -0.1) is 0 Å². The van der Waals surface area contributed by atoms with Crippen molar-refractivity contribution in [1.29, 1.82) is 0 Å². The maximum Gasteiger partial charge on any atom is 0.223 e. The van der Waals surface area contributed by atoms with Crippen molar-refractivity contribution in [2.24, 2.45) is 29.4 Å². The summed E-state index contributed by atoms with van der Waals surface area (Å²) in [7, 11) is 3.31. The number of rotatable bonds is 17. The third-order valence-electron chi connectivity index (χ3n) is 8.17. The Kier molecular flexibility index (Phi) is 14.6. The first-order valence-electron chi connectivity index (χ1n) is 14.8. The Balaban J connectivity index is 1.99. The van der Waals surface area contributed by atoms with Crippen molar-refractivity contribution in [3.63, 3.8) is 0 Å². The van der Waals surface area contributed by atoms with Gasteiger partial charge in [-0.1, -0.05) is 33.8 Å². The summed E-state index contributed by atoms with van der Waals surface area (Å²) >= 11 is 0. The molecule has 8 nitrogen and oxygen atoms in total. The standard InChI is InChI=1S/C31H54N2O6/c1-20(2)23(16-22-8-13-29(38-6)30(17-22)39-15-7-14-37-5)18-27(32)28(35)19-26(21(3)4)31(36)33-24-9-11-25(34)12-10-24/h8,13,17,20-21,23-28,34-35H,7,9-12,14-16,18-19,32H2,1-6H3,(H,33,36)/t23-,24-,25-,26-,27-,28-/m0/s1. The van der Waals surface area contributed by atoms with Crippen LogP contribution in [0.25, 0.3) is 0 Å². The van der Waals surface area contributed by atoms with E-state index in [-0.39, 0.29) is 35.8 Å². The van der Waals surface area contributed by atoms with Crippen molar-refractivity contribution >= 4 is 5.91 Å². The number of aliphatic hydroxyl groups is 2. The van der Waals surface area contributed by atoms with Gasteiger partial charge in [0.2, 0.25) is 5.91 Å². The highest BCUT2D eigenvalue weighted by Crippen LogP contribution is 2.32. The zero-order valence-electron chi connectivity index (χ0n) is 25.0. The summed E-state index contributed by atoms with van der Waals surface area (Å²) in [6.07, 6.45) is 4.59. The predicted octanol–water partition coefficient (Wildman–Crippen LogP) is 4.09. The molecule has 0 bridgehead atoms. The van der Waals surface area contributed by atoms with Crippen LogP contribution in [0.15, 0.2) is 18.2 Å². The SMILES string of the molecule is COCCCOc1cc(C[C@@H](C[C@H](N)[C@@H](O)C[C@H](C(=O)N[C@H]2CC[C@H](O)CC2)C(C)C)C(C)C)ccc1OC. The van der Waals surface area contributed by atoms with Crippen LogP contribution in [0.4, 0.5) is 0 Å². The molecule has 0 radical (unpaired) electrons. The van der Waals surface area contributed by atoms with Gasteiger partial charge in [0, 0.05) is 38.1 Å². The minimum Gasteiger partial charge on any atom is -0.493 e. The molecule has 4 atom stereocenters. The van der Waals surface area contributed by atoms with Crippen LogP contribution in [-0.2, 0) is 16.0 Å². The molecule has 1 amide bonds. The number of amides is 1. The zero-order chi connectivity index (χ0) is 28.9. The van der Waals surface area contributed by atoms with Gasteiger partial charge in [-0.2, -0.15) is 0 Å². The first-order chi connectivity index (χ1) is 18.5.